The molecule has 2 unspecified atom stereocenters. The quantitative estimate of drug-likeness (QED) is 0.599. The van der Waals surface area contributed by atoms with Crippen LogP contribution >= 0.6 is 0 Å². The maximum Gasteiger partial charge on any atom is 0.338 e. The Balaban J connectivity index is 2.88. The minimum absolute atomic E-state index is 0.0497. The van der Waals surface area contributed by atoms with Crippen molar-refractivity contribution in [2.45, 2.75) is 45.1 Å². The number of sulfonamides is 1. The van der Waals surface area contributed by atoms with Crippen molar-refractivity contribution in [2.24, 2.45) is 11.1 Å². The molecular weight excluding hydrogens is 388 g/mol. The predicted molar refractivity (Wildman–Crippen MR) is 101 cm³/mol. The van der Waals surface area contributed by atoms with Crippen molar-refractivity contribution in [3.63, 3.8) is 0 Å². The highest BCUT2D eigenvalue weighted by molar-refractivity contribution is 7.89. The number of esters is 2. The summed E-state index contributed by atoms with van der Waals surface area (Å²) in [6.45, 7) is 6.19. The Kier molecular flexibility index (Phi) is 8.13. The van der Waals surface area contributed by atoms with Crippen LogP contribution < -0.4 is 10.5 Å². The Bertz CT molecular complexity index is 865. The molecule has 1 aromatic rings. The van der Waals surface area contributed by atoms with E-state index in [-0.39, 0.29) is 16.4 Å². The van der Waals surface area contributed by atoms with Crippen molar-refractivity contribution < 1.29 is 32.3 Å². The van der Waals surface area contributed by atoms with Gasteiger partial charge in [-0.1, -0.05) is 20.3 Å². The molecule has 1 rings (SSSR count). The monoisotopic (exact) mass is 414 g/mol. The minimum Gasteiger partial charge on any atom is -0.467 e. The number of carbonyl (C=O) groups is 3. The molecule has 156 valence electrons. The molecule has 2 atom stereocenters. The number of amides is 1. The molecule has 3 N–H and O–H groups in total. The van der Waals surface area contributed by atoms with Crippen LogP contribution in [0.15, 0.2) is 17.0 Å². The van der Waals surface area contributed by atoms with Gasteiger partial charge in [-0.15, -0.1) is 0 Å². The molecule has 1 aromatic carbocycles. The van der Waals surface area contributed by atoms with Crippen molar-refractivity contribution in [1.29, 1.82) is 0 Å². The van der Waals surface area contributed by atoms with Gasteiger partial charge in [0.2, 0.25) is 10.0 Å². The van der Waals surface area contributed by atoms with Gasteiger partial charge in [-0.2, -0.15) is 0 Å². The van der Waals surface area contributed by atoms with Crippen molar-refractivity contribution in [3.8, 4) is 0 Å². The minimum atomic E-state index is -4.02. The fourth-order valence-electron chi connectivity index (χ4n) is 2.47. The highest BCUT2D eigenvalue weighted by atomic mass is 32.2. The van der Waals surface area contributed by atoms with E-state index in [1.165, 1.54) is 13.2 Å². The lowest BCUT2D eigenvalue weighted by atomic mass is 9.99. The Labute approximate surface area is 164 Å². The summed E-state index contributed by atoms with van der Waals surface area (Å²) >= 11 is 0. The van der Waals surface area contributed by atoms with Gasteiger partial charge in [-0.05, 0) is 43.0 Å². The zero-order valence-electron chi connectivity index (χ0n) is 16.6. The second-order valence-electron chi connectivity index (χ2n) is 6.49. The average molecular weight is 414 g/mol. The van der Waals surface area contributed by atoms with Crippen LogP contribution in [-0.2, 0) is 29.1 Å². The number of nitrogens with two attached hydrogens (primary N) is 1. The van der Waals surface area contributed by atoms with Crippen LogP contribution in [0, 0.1) is 19.8 Å². The fourth-order valence-corrected chi connectivity index (χ4v) is 3.35. The van der Waals surface area contributed by atoms with Crippen LogP contribution in [0.4, 0.5) is 0 Å². The lowest BCUT2D eigenvalue weighted by Crippen LogP contribution is -2.47. The highest BCUT2D eigenvalue weighted by Gasteiger charge is 2.27. The summed E-state index contributed by atoms with van der Waals surface area (Å²) in [5.74, 6) is -2.34. The van der Waals surface area contributed by atoms with Crippen molar-refractivity contribution in [2.75, 3.05) is 13.7 Å². The van der Waals surface area contributed by atoms with Gasteiger partial charge in [0.05, 0.1) is 17.6 Å². The molecule has 1 amide bonds. The van der Waals surface area contributed by atoms with Crippen molar-refractivity contribution in [1.82, 2.24) is 5.32 Å². The number of nitrogens with one attached hydrogen (secondary N) is 1. The molecule has 0 saturated heterocycles. The Morgan fingerprint density at radius 1 is 1.21 bits per heavy atom. The van der Waals surface area contributed by atoms with E-state index in [9.17, 15) is 22.8 Å². The van der Waals surface area contributed by atoms with Crippen LogP contribution in [0.5, 0.6) is 0 Å². The first kappa shape index (κ1) is 23.6. The molecule has 0 aliphatic heterocycles. The van der Waals surface area contributed by atoms with Crippen molar-refractivity contribution >= 4 is 27.9 Å². The lowest BCUT2D eigenvalue weighted by Gasteiger charge is -2.21. The van der Waals surface area contributed by atoms with Gasteiger partial charge < -0.3 is 14.8 Å². The number of rotatable bonds is 8. The zero-order chi connectivity index (χ0) is 21.6. The number of benzene rings is 1. The van der Waals surface area contributed by atoms with Gasteiger partial charge in [0.15, 0.2) is 6.61 Å². The first-order chi connectivity index (χ1) is 12.9. The number of carbonyl (C=O) groups excluding carboxylic acids is 3. The largest absolute Gasteiger partial charge is 0.467 e. The lowest BCUT2D eigenvalue weighted by molar-refractivity contribution is -0.147. The van der Waals surface area contributed by atoms with Crippen LogP contribution in [0.2, 0.25) is 0 Å². The summed E-state index contributed by atoms with van der Waals surface area (Å²) in [4.78, 5) is 35.9. The van der Waals surface area contributed by atoms with Gasteiger partial charge in [-0.3, -0.25) is 4.79 Å². The van der Waals surface area contributed by atoms with E-state index in [2.05, 4.69) is 10.1 Å². The number of aryl methyl sites for hydroxylation is 1. The maximum atomic E-state index is 12.2. The van der Waals surface area contributed by atoms with Gasteiger partial charge in [0.1, 0.15) is 6.04 Å². The van der Waals surface area contributed by atoms with Gasteiger partial charge >= 0.3 is 11.9 Å². The molecule has 0 saturated carbocycles. The maximum absolute atomic E-state index is 12.2. The molecule has 0 aliphatic rings. The van der Waals surface area contributed by atoms with E-state index in [4.69, 9.17) is 9.88 Å². The van der Waals surface area contributed by atoms with E-state index in [1.807, 2.05) is 6.92 Å². The molecule has 0 heterocycles. The van der Waals surface area contributed by atoms with Crippen LogP contribution in [-0.4, -0.2) is 46.0 Å². The summed E-state index contributed by atoms with van der Waals surface area (Å²) < 4.78 is 33.0. The molecular formula is C18H26N2O7S. The molecule has 0 aliphatic carbocycles. The Morgan fingerprint density at radius 2 is 1.82 bits per heavy atom. The van der Waals surface area contributed by atoms with E-state index in [0.29, 0.717) is 17.5 Å². The molecule has 0 fully saturated rings. The van der Waals surface area contributed by atoms with E-state index >= 15 is 0 Å². The summed E-state index contributed by atoms with van der Waals surface area (Å²) in [5.41, 5.74) is 0.906. The van der Waals surface area contributed by atoms with Gasteiger partial charge in [0, 0.05) is 0 Å². The second kappa shape index (κ2) is 9.65. The van der Waals surface area contributed by atoms with Crippen LogP contribution in [0.25, 0.3) is 0 Å². The summed E-state index contributed by atoms with van der Waals surface area (Å²) in [7, 11) is -2.81. The topological polar surface area (TPSA) is 142 Å². The van der Waals surface area contributed by atoms with Gasteiger partial charge in [-0.25, -0.2) is 23.1 Å². The number of hydrogen-bond acceptors (Lipinski definition) is 7. The molecule has 9 nitrogen and oxygen atoms in total. The van der Waals surface area contributed by atoms with E-state index < -0.39 is 40.5 Å². The normalized spacial score (nSPS) is 13.4. The first-order valence-corrected chi connectivity index (χ1v) is 10.1. The van der Waals surface area contributed by atoms with Gasteiger partial charge in [0.25, 0.3) is 5.91 Å². The number of primary sulfonamides is 1. The summed E-state index contributed by atoms with van der Waals surface area (Å²) in [5, 5.41) is 7.64. The number of methoxy groups -OCH3 is 1. The summed E-state index contributed by atoms with van der Waals surface area (Å²) in [6, 6.07) is 1.69. The first-order valence-electron chi connectivity index (χ1n) is 8.60. The zero-order valence-corrected chi connectivity index (χ0v) is 17.4. The molecule has 10 heteroatoms. The number of ether oxygens (including phenoxy) is 2. The van der Waals surface area contributed by atoms with Crippen molar-refractivity contribution in [3.05, 3.63) is 28.8 Å². The fraction of sp³-hybridized carbons (Fsp3) is 0.500. The molecule has 28 heavy (non-hydrogen) atoms. The van der Waals surface area contributed by atoms with E-state index in [1.54, 1.807) is 20.8 Å². The SMILES string of the molecule is CCC(C)C(NC(=O)COC(=O)c1cc(C)c(C)c(S(N)(=O)=O)c1)C(=O)OC. The average Bonchev–Trinajstić information content (AvgIpc) is 2.63. The standard InChI is InChI=1S/C18H26N2O7S/c1-6-10(2)16(18(23)26-5)20-15(21)9-27-17(22)13-7-11(3)12(4)14(8-13)28(19,24)25/h7-8,10,16H,6,9H2,1-5H3,(H,20,21)(H2,19,24,25). The highest BCUT2D eigenvalue weighted by Crippen LogP contribution is 2.20. The third kappa shape index (κ3) is 6.03. The second-order valence-corrected chi connectivity index (χ2v) is 8.02. The third-order valence-corrected chi connectivity index (χ3v) is 5.52. The summed E-state index contributed by atoms with van der Waals surface area (Å²) in [6.07, 6.45) is 0.624. The van der Waals surface area contributed by atoms with Crippen LogP contribution in [0.3, 0.4) is 0 Å². The smallest absolute Gasteiger partial charge is 0.338 e. The van der Waals surface area contributed by atoms with E-state index in [0.717, 1.165) is 6.07 Å². The Morgan fingerprint density at radius 3 is 2.32 bits per heavy atom. The molecule has 0 radical (unpaired) electrons. The Hall–Kier alpha value is -2.46. The number of hydrogen-bond donors (Lipinski definition) is 2. The van der Waals surface area contributed by atoms with Crippen LogP contribution in [0.1, 0.15) is 41.8 Å². The molecule has 0 spiro atoms. The predicted octanol–water partition coefficient (Wildman–Crippen LogP) is 0.812. The molecule has 0 bridgehead atoms. The third-order valence-electron chi connectivity index (χ3n) is 4.48. The molecule has 0 aromatic heterocycles.